The first-order chi connectivity index (χ1) is 26.9. The van der Waals surface area contributed by atoms with Crippen LogP contribution in [0.25, 0.3) is 0 Å². The first-order valence-corrected chi connectivity index (χ1v) is 22.8. The number of aliphatic hydroxyl groups is 2. The molecule has 6 N–H and O–H groups in total. The lowest BCUT2D eigenvalue weighted by atomic mass is 9.63. The van der Waals surface area contributed by atoms with Crippen LogP contribution in [0.2, 0.25) is 0 Å². The molecule has 312 valence electrons. The molecule has 1 saturated heterocycles. The number of carbonyl (C=O) groups excluding carboxylic acids is 2. The zero-order valence-electron chi connectivity index (χ0n) is 35.0. The van der Waals surface area contributed by atoms with Crippen molar-refractivity contribution in [2.24, 2.45) is 75.8 Å². The summed E-state index contributed by atoms with van der Waals surface area (Å²) in [4.78, 5) is 33.1. The number of Topliss-reactive ketones (excluding diaryl/α,β-unsaturated/α-hetero) is 2. The zero-order valence-corrected chi connectivity index (χ0v) is 35.0. The van der Waals surface area contributed by atoms with Gasteiger partial charge in [-0.25, -0.2) is 0 Å². The fourth-order valence-electron chi connectivity index (χ4n) is 12.1. The number of methoxy groups -OCH3 is 1. The normalized spacial score (nSPS) is 38.7. The van der Waals surface area contributed by atoms with Gasteiger partial charge in [-0.2, -0.15) is 0 Å². The van der Waals surface area contributed by atoms with Crippen molar-refractivity contribution >= 4 is 17.8 Å². The number of nitrogens with two attached hydrogens (primary N) is 2. The van der Waals surface area contributed by atoms with E-state index in [-0.39, 0.29) is 60.1 Å². The molecule has 0 bridgehead atoms. The van der Waals surface area contributed by atoms with E-state index in [1.54, 1.807) is 7.11 Å². The van der Waals surface area contributed by atoms with Crippen LogP contribution in [0.4, 0.5) is 0 Å². The third kappa shape index (κ3) is 10.8. The largest absolute Gasteiger partial charge is 0.841 e. The molecule has 0 amide bonds. The molecule has 0 aromatic rings. The van der Waals surface area contributed by atoms with Gasteiger partial charge in [0.1, 0.15) is 35.9 Å². The Morgan fingerprint density at radius 1 is 1.02 bits per heavy atom. The fourth-order valence-corrected chi connectivity index (χ4v) is 12.1. The van der Waals surface area contributed by atoms with Crippen molar-refractivity contribution in [3.8, 4) is 11.8 Å². The second kappa shape index (κ2) is 20.3. The summed E-state index contributed by atoms with van der Waals surface area (Å²) in [6.45, 7) is 7.47. The number of carbonyl (C=O) groups is 2. The number of hydrogen-bond donors (Lipinski definition) is 4. The number of ketones is 2. The summed E-state index contributed by atoms with van der Waals surface area (Å²) in [6, 6.07) is 0. The van der Waals surface area contributed by atoms with Gasteiger partial charge in [0.15, 0.2) is 5.70 Å². The predicted molar refractivity (Wildman–Crippen MR) is 217 cm³/mol. The molecule has 0 spiro atoms. The van der Waals surface area contributed by atoms with Crippen LogP contribution < -0.4 is 16.2 Å². The fraction of sp³-hybridized carbons (Fsp3) is 0.830. The van der Waals surface area contributed by atoms with Crippen LogP contribution in [-0.4, -0.2) is 72.2 Å². The number of piperidine rings is 1. The highest BCUT2D eigenvalue weighted by molar-refractivity contribution is 6.05. The van der Waals surface area contributed by atoms with Crippen molar-refractivity contribution in [2.45, 2.75) is 167 Å². The molecule has 6 rings (SSSR count). The minimum atomic E-state index is -1.93. The average Bonchev–Trinajstić information content (AvgIpc) is 3.58. The number of hydrogen-bond acceptors (Lipinski definition) is 8. The van der Waals surface area contributed by atoms with Gasteiger partial charge in [-0.1, -0.05) is 44.4 Å². The summed E-state index contributed by atoms with van der Waals surface area (Å²) >= 11 is 0. The van der Waals surface area contributed by atoms with Crippen LogP contribution in [-0.2, 0) is 14.3 Å². The molecule has 56 heavy (non-hydrogen) atoms. The van der Waals surface area contributed by atoms with Gasteiger partial charge in [-0.15, -0.1) is 4.99 Å². The quantitative estimate of drug-likeness (QED) is 0.132. The molecule has 9 heteroatoms. The summed E-state index contributed by atoms with van der Waals surface area (Å²) in [6.07, 6.45) is 15.5. The van der Waals surface area contributed by atoms with Gasteiger partial charge >= 0.3 is 0 Å². The SMILES string of the molecule is CCC[C@@H]([C@H]1C[C@@H](CC2CC[NH2+]C(N)C2)C[C@@H]2C#C[C@H](C3CCCCC3)C3CC(O)C(OC)CC3CCC(=O)[C@H]([O-])C(=O)[C@H]2C1)[C@H](O)CC1=C[C+](C(C)C)C=N1. The van der Waals surface area contributed by atoms with Crippen molar-refractivity contribution in [2.75, 3.05) is 13.7 Å². The maximum Gasteiger partial charge on any atom is 0.177 e. The van der Waals surface area contributed by atoms with Gasteiger partial charge in [0.05, 0.1) is 31.3 Å². The minimum Gasteiger partial charge on any atom is -0.841 e. The summed E-state index contributed by atoms with van der Waals surface area (Å²) in [5, 5.41) is 39.6. The molecular weight excluding hydrogens is 703 g/mol. The Labute approximate surface area is 337 Å². The van der Waals surface area contributed by atoms with E-state index in [0.29, 0.717) is 56.3 Å². The highest BCUT2D eigenvalue weighted by Crippen LogP contribution is 2.48. The predicted octanol–water partition coefficient (Wildman–Crippen LogP) is 4.91. The lowest BCUT2D eigenvalue weighted by Gasteiger charge is -2.44. The smallest absolute Gasteiger partial charge is 0.177 e. The van der Waals surface area contributed by atoms with E-state index < -0.39 is 35.8 Å². The van der Waals surface area contributed by atoms with E-state index >= 15 is 0 Å². The Morgan fingerprint density at radius 3 is 2.50 bits per heavy atom. The number of ether oxygens (including phenoxy) is 1. The molecule has 6 unspecified atom stereocenters. The molecule has 4 aliphatic carbocycles. The Balaban J connectivity index is 1.38. The van der Waals surface area contributed by atoms with Gasteiger partial charge in [-0.05, 0) is 132 Å². The van der Waals surface area contributed by atoms with Crippen LogP contribution in [0.15, 0.2) is 16.8 Å². The zero-order chi connectivity index (χ0) is 39.9. The lowest BCUT2D eigenvalue weighted by Crippen LogP contribution is -2.94. The topological polar surface area (TPSA) is 162 Å². The third-order valence-corrected chi connectivity index (χ3v) is 15.2. The van der Waals surface area contributed by atoms with E-state index in [9.17, 15) is 24.9 Å². The molecule has 2 aliphatic heterocycles. The molecular formula is C47H74N3O6+. The summed E-state index contributed by atoms with van der Waals surface area (Å²) in [5.41, 5.74) is 7.37. The van der Waals surface area contributed by atoms with Crippen molar-refractivity contribution in [1.82, 2.24) is 0 Å². The molecule has 0 radical (unpaired) electrons. The summed E-state index contributed by atoms with van der Waals surface area (Å²) in [5.74, 6) is 8.55. The molecule has 4 fully saturated rings. The molecule has 9 nitrogen and oxygen atoms in total. The van der Waals surface area contributed by atoms with Crippen LogP contribution >= 0.6 is 0 Å². The number of quaternary nitrogens is 1. The highest BCUT2D eigenvalue weighted by Gasteiger charge is 2.46. The van der Waals surface area contributed by atoms with E-state index in [2.05, 4.69) is 49.0 Å². The standard InChI is InChI=1S/C47H73N3O6/c1-5-9-38(42(52)25-36-22-35(27-50-36)28(2)3)34-20-30(18-29-16-17-49-45(48)21-29)19-32-12-14-37(31-10-7-6-8-11-31)39-26-43(53)44(56-4)24-33(39)13-15-41(51)47(55)46(54)40(32)23-34/h22,27-34,37-40,42-45,47,49,52-53H,5-11,13,15-21,23-26,48H2,1-4H3/p+1/t29?,30-,32-,33?,34-,37+,38-,39?,40-,42+,43?,44?,45?,47-/m0/s1. The van der Waals surface area contributed by atoms with Crippen LogP contribution in [0.1, 0.15) is 136 Å². The number of nitrogens with zero attached hydrogens (tertiary/aromatic N) is 1. The molecule has 6 aliphatic rings. The van der Waals surface area contributed by atoms with E-state index in [1.165, 1.54) is 25.2 Å². The maximum absolute atomic E-state index is 14.6. The van der Waals surface area contributed by atoms with Crippen molar-refractivity contribution < 1.29 is 35.0 Å². The molecule has 0 aromatic heterocycles. The Bertz CT molecular complexity index is 1430. The monoisotopic (exact) mass is 777 g/mol. The van der Waals surface area contributed by atoms with Gasteiger partial charge in [0.2, 0.25) is 0 Å². The van der Waals surface area contributed by atoms with Crippen molar-refractivity contribution in [3.05, 3.63) is 17.7 Å². The number of rotatable bonds is 11. The van der Waals surface area contributed by atoms with Crippen molar-refractivity contribution in [1.29, 1.82) is 0 Å². The maximum atomic E-state index is 14.6. The van der Waals surface area contributed by atoms with Gasteiger partial charge < -0.3 is 35.0 Å². The number of aliphatic imine (C=N–C) groups is 1. The number of allylic oxidation sites excluding steroid dienone is 1. The van der Waals surface area contributed by atoms with Crippen LogP contribution in [0.3, 0.4) is 0 Å². The summed E-state index contributed by atoms with van der Waals surface area (Å²) < 4.78 is 5.73. The number of fused-ring (bicyclic) bond motifs is 2. The van der Waals surface area contributed by atoms with Gasteiger partial charge in [0.25, 0.3) is 0 Å². The molecule has 2 heterocycles. The molecule has 0 aromatic carbocycles. The molecule has 14 atom stereocenters. The average molecular weight is 777 g/mol. The lowest BCUT2D eigenvalue weighted by molar-refractivity contribution is -0.699. The molecule has 3 saturated carbocycles. The Morgan fingerprint density at radius 2 is 1.80 bits per heavy atom. The first-order valence-electron chi connectivity index (χ1n) is 22.8. The van der Waals surface area contributed by atoms with E-state index in [4.69, 9.17) is 10.5 Å². The first kappa shape index (κ1) is 43.5. The van der Waals surface area contributed by atoms with Gasteiger partial charge in [0, 0.05) is 43.6 Å². The van der Waals surface area contributed by atoms with E-state index in [0.717, 1.165) is 63.6 Å². The second-order valence-electron chi connectivity index (χ2n) is 19.4. The van der Waals surface area contributed by atoms with Crippen LogP contribution in [0.5, 0.6) is 0 Å². The Hall–Kier alpha value is -2.06. The van der Waals surface area contributed by atoms with Crippen LogP contribution in [0, 0.1) is 82.9 Å². The Kier molecular flexibility index (Phi) is 15.8. The highest BCUT2D eigenvalue weighted by atomic mass is 16.5. The summed E-state index contributed by atoms with van der Waals surface area (Å²) in [7, 11) is 1.64. The minimum absolute atomic E-state index is 0.00672. The number of aliphatic hydroxyl groups excluding tert-OH is 2. The van der Waals surface area contributed by atoms with E-state index in [1.807, 2.05) is 6.21 Å². The van der Waals surface area contributed by atoms with Gasteiger partial charge in [-0.3, -0.25) is 5.73 Å². The third-order valence-electron chi connectivity index (χ3n) is 15.2. The van der Waals surface area contributed by atoms with Crippen molar-refractivity contribution in [3.63, 3.8) is 0 Å². The second-order valence-corrected chi connectivity index (χ2v) is 19.4.